The van der Waals surface area contributed by atoms with E-state index in [0.29, 0.717) is 33.1 Å². The monoisotopic (exact) mass is 513 g/mol. The van der Waals surface area contributed by atoms with Gasteiger partial charge >= 0.3 is 0 Å². The molecule has 2 aliphatic rings. The average Bonchev–Trinajstić information content (AvgIpc) is 2.87. The van der Waals surface area contributed by atoms with Crippen molar-refractivity contribution >= 4 is 57.9 Å². The van der Waals surface area contributed by atoms with Gasteiger partial charge in [-0.25, -0.2) is 4.98 Å². The predicted octanol–water partition coefficient (Wildman–Crippen LogP) is 3.48. The fourth-order valence-electron chi connectivity index (χ4n) is 4.42. The molecule has 5 rings (SSSR count). The van der Waals surface area contributed by atoms with E-state index in [1.54, 1.807) is 18.2 Å². The van der Waals surface area contributed by atoms with E-state index >= 15 is 0 Å². The van der Waals surface area contributed by atoms with Crippen molar-refractivity contribution in [2.45, 2.75) is 6.61 Å². The smallest absolute Gasteiger partial charge is 0.265 e. The van der Waals surface area contributed by atoms with Crippen molar-refractivity contribution in [3.05, 3.63) is 63.8 Å². The molecular weight excluding hydrogens is 489 g/mol. The second-order valence-corrected chi connectivity index (χ2v) is 9.25. The number of carbonyl (C=O) groups is 1. The molecule has 0 saturated carbocycles. The molecule has 0 atom stereocenters. The molecule has 0 bridgehead atoms. The highest BCUT2D eigenvalue weighted by Crippen LogP contribution is 2.37. The first-order valence-corrected chi connectivity index (χ1v) is 12.0. The normalized spacial score (nSPS) is 15.9. The van der Waals surface area contributed by atoms with Gasteiger partial charge in [0.15, 0.2) is 0 Å². The van der Waals surface area contributed by atoms with Crippen molar-refractivity contribution in [1.29, 1.82) is 0 Å². The van der Waals surface area contributed by atoms with E-state index in [4.69, 9.17) is 23.2 Å². The second kappa shape index (κ2) is 9.87. The zero-order chi connectivity index (χ0) is 24.5. The quantitative estimate of drug-likeness (QED) is 0.477. The van der Waals surface area contributed by atoms with Crippen LogP contribution in [0.2, 0.25) is 10.0 Å². The Morgan fingerprint density at radius 1 is 1.14 bits per heavy atom. The molecule has 0 aliphatic carbocycles. The largest absolute Gasteiger partial charge is 0.392 e. The zero-order valence-corrected chi connectivity index (χ0v) is 20.6. The fraction of sp³-hybridized carbons (Fsp3) is 0.292. The Bertz CT molecular complexity index is 1250. The highest BCUT2D eigenvalue weighted by molar-refractivity contribution is 6.40. The van der Waals surface area contributed by atoms with E-state index in [2.05, 4.69) is 25.5 Å². The highest BCUT2D eigenvalue weighted by Gasteiger charge is 2.32. The lowest BCUT2D eigenvalue weighted by atomic mass is 10.1. The molecule has 9 nitrogen and oxygen atoms in total. The van der Waals surface area contributed by atoms with Crippen LogP contribution in [0.3, 0.4) is 0 Å². The number of carbonyl (C=O) groups excluding carboxylic acids is 1. The minimum absolute atomic E-state index is 0.0719. The summed E-state index contributed by atoms with van der Waals surface area (Å²) in [5.74, 6) is 0.584. The van der Waals surface area contributed by atoms with Crippen molar-refractivity contribution in [3.8, 4) is 0 Å². The molecule has 2 aromatic carbocycles. The number of aliphatic hydroxyl groups excluding tert-OH is 1. The lowest BCUT2D eigenvalue weighted by molar-refractivity contribution is 0.0982. The summed E-state index contributed by atoms with van der Waals surface area (Å²) in [6.45, 7) is 3.78. The van der Waals surface area contributed by atoms with Crippen molar-refractivity contribution in [2.24, 2.45) is 0 Å². The maximum Gasteiger partial charge on any atom is 0.265 e. The van der Waals surface area contributed by atoms with Crippen molar-refractivity contribution < 1.29 is 9.90 Å². The standard InChI is InChI=1S/C24H25Cl2N7O2/c1-31-14-33(21-18(25)3-2-4-19(21)26)23(35)17-12-28-24(30-22(17)31)29-16-5-6-20(15(11-16)13-34)32-9-7-27-8-10-32/h2-6,11-12,27,34H,7-10,13-14H2,1H3,(H,28,29,30). The molecule has 0 radical (unpaired) electrons. The number of aromatic nitrogens is 2. The van der Waals surface area contributed by atoms with Crippen LogP contribution in [0.5, 0.6) is 0 Å². The molecule has 3 aromatic rings. The molecule has 1 aromatic heterocycles. The van der Waals surface area contributed by atoms with Gasteiger partial charge in [0, 0.05) is 56.4 Å². The number of hydrogen-bond donors (Lipinski definition) is 3. The summed E-state index contributed by atoms with van der Waals surface area (Å²) in [7, 11) is 1.84. The number of fused-ring (bicyclic) bond motifs is 1. The van der Waals surface area contributed by atoms with Crippen LogP contribution in [-0.4, -0.2) is 60.9 Å². The Morgan fingerprint density at radius 2 is 1.89 bits per heavy atom. The maximum atomic E-state index is 13.3. The first-order valence-electron chi connectivity index (χ1n) is 11.3. The Balaban J connectivity index is 1.40. The molecule has 3 heterocycles. The number of amides is 1. The van der Waals surface area contributed by atoms with Crippen LogP contribution in [0.4, 0.5) is 28.8 Å². The molecule has 1 saturated heterocycles. The number of hydrogen-bond acceptors (Lipinski definition) is 8. The molecule has 11 heteroatoms. The number of anilines is 5. The summed E-state index contributed by atoms with van der Waals surface area (Å²) in [6, 6.07) is 11.0. The van der Waals surface area contributed by atoms with E-state index in [0.717, 1.165) is 43.1 Å². The highest BCUT2D eigenvalue weighted by atomic mass is 35.5. The topological polar surface area (TPSA) is 96.9 Å². The van der Waals surface area contributed by atoms with Gasteiger partial charge in [0.2, 0.25) is 5.95 Å². The van der Waals surface area contributed by atoms with Gasteiger partial charge in [0.05, 0.1) is 29.0 Å². The van der Waals surface area contributed by atoms with E-state index in [1.807, 2.05) is 30.1 Å². The Morgan fingerprint density at radius 3 is 2.60 bits per heavy atom. The van der Waals surface area contributed by atoms with Crippen LogP contribution < -0.4 is 25.3 Å². The van der Waals surface area contributed by atoms with E-state index in [-0.39, 0.29) is 19.2 Å². The molecule has 3 N–H and O–H groups in total. The molecule has 35 heavy (non-hydrogen) atoms. The molecule has 1 amide bonds. The first kappa shape index (κ1) is 23.6. The summed E-state index contributed by atoms with van der Waals surface area (Å²) in [5, 5.41) is 17.3. The first-order chi connectivity index (χ1) is 17.0. The Labute approximate surface area is 213 Å². The number of nitrogens with one attached hydrogen (secondary N) is 2. The van der Waals surface area contributed by atoms with Crippen LogP contribution in [0.1, 0.15) is 15.9 Å². The van der Waals surface area contributed by atoms with Gasteiger partial charge < -0.3 is 25.5 Å². The minimum atomic E-state index is -0.275. The minimum Gasteiger partial charge on any atom is -0.392 e. The third-order valence-corrected chi connectivity index (χ3v) is 6.74. The van der Waals surface area contributed by atoms with Crippen LogP contribution in [0.15, 0.2) is 42.6 Å². The van der Waals surface area contributed by atoms with Crippen LogP contribution in [-0.2, 0) is 6.61 Å². The second-order valence-electron chi connectivity index (χ2n) is 8.44. The SMILES string of the molecule is CN1CN(c2c(Cl)cccc2Cl)C(=O)c2cnc(Nc3ccc(N4CCNCC4)c(CO)c3)nc21. The summed E-state index contributed by atoms with van der Waals surface area (Å²) < 4.78 is 0. The van der Waals surface area contributed by atoms with Gasteiger partial charge in [0.1, 0.15) is 11.4 Å². The average molecular weight is 514 g/mol. The molecule has 0 unspecified atom stereocenters. The predicted molar refractivity (Wildman–Crippen MR) is 139 cm³/mol. The van der Waals surface area contributed by atoms with Gasteiger partial charge in [-0.15, -0.1) is 0 Å². The molecule has 182 valence electrons. The fourth-order valence-corrected chi connectivity index (χ4v) is 5.02. The Kier molecular flexibility index (Phi) is 6.66. The van der Waals surface area contributed by atoms with E-state index in [9.17, 15) is 9.90 Å². The van der Waals surface area contributed by atoms with Crippen molar-refractivity contribution in [2.75, 3.05) is 59.9 Å². The number of nitrogens with zero attached hydrogens (tertiary/aromatic N) is 5. The number of piperazine rings is 1. The number of aliphatic hydroxyl groups is 1. The summed E-state index contributed by atoms with van der Waals surface area (Å²) >= 11 is 12.7. The molecule has 1 fully saturated rings. The van der Waals surface area contributed by atoms with Crippen LogP contribution >= 0.6 is 23.2 Å². The van der Waals surface area contributed by atoms with Gasteiger partial charge in [-0.05, 0) is 30.3 Å². The number of halogens is 2. The van der Waals surface area contributed by atoms with Crippen LogP contribution in [0.25, 0.3) is 0 Å². The van der Waals surface area contributed by atoms with Gasteiger partial charge in [-0.1, -0.05) is 29.3 Å². The summed E-state index contributed by atoms with van der Waals surface area (Å²) in [4.78, 5) is 27.8. The van der Waals surface area contributed by atoms with E-state index < -0.39 is 0 Å². The molecule has 0 spiro atoms. The summed E-state index contributed by atoms with van der Waals surface area (Å²) in [5.41, 5.74) is 3.41. The summed E-state index contributed by atoms with van der Waals surface area (Å²) in [6.07, 6.45) is 1.50. The third-order valence-electron chi connectivity index (χ3n) is 6.13. The van der Waals surface area contributed by atoms with Crippen molar-refractivity contribution in [3.63, 3.8) is 0 Å². The third kappa shape index (κ3) is 4.60. The molecular formula is C24H25Cl2N7O2. The number of para-hydroxylation sites is 1. The van der Waals surface area contributed by atoms with Gasteiger partial charge in [-0.2, -0.15) is 4.98 Å². The van der Waals surface area contributed by atoms with Gasteiger partial charge in [-0.3, -0.25) is 9.69 Å². The number of benzene rings is 2. The van der Waals surface area contributed by atoms with Gasteiger partial charge in [0.25, 0.3) is 5.91 Å². The molecule has 2 aliphatic heterocycles. The zero-order valence-electron chi connectivity index (χ0n) is 19.1. The maximum absolute atomic E-state index is 13.3. The van der Waals surface area contributed by atoms with E-state index in [1.165, 1.54) is 11.1 Å². The Hall–Kier alpha value is -3.11. The lowest BCUT2D eigenvalue weighted by Crippen LogP contribution is -2.46. The van der Waals surface area contributed by atoms with Crippen molar-refractivity contribution in [1.82, 2.24) is 15.3 Å². The number of rotatable bonds is 5. The lowest BCUT2D eigenvalue weighted by Gasteiger charge is -2.35. The van der Waals surface area contributed by atoms with Crippen LogP contribution in [0, 0.1) is 0 Å².